The molecule has 0 radical (unpaired) electrons. The van der Waals surface area contributed by atoms with Crippen molar-refractivity contribution in [3.63, 3.8) is 0 Å². The second-order valence-electron chi connectivity index (χ2n) is 6.67. The van der Waals surface area contributed by atoms with Crippen LogP contribution in [0, 0.1) is 6.92 Å². The number of anilines is 2. The van der Waals surface area contributed by atoms with E-state index in [2.05, 4.69) is 42.7 Å². The monoisotopic (exact) mass is 394 g/mol. The van der Waals surface area contributed by atoms with E-state index in [1.54, 1.807) is 4.68 Å². The van der Waals surface area contributed by atoms with Crippen LogP contribution in [0.1, 0.15) is 30.7 Å². The third kappa shape index (κ3) is 3.73. The standard InChI is InChI=1S/C22H26N4OS/c1-5-16-11-10-12-17(6-2)20(16)24-22(28)23-19-15(3)25(4)26(21(19)27)18-13-8-7-9-14-18/h7-14H,5-6H2,1-4H3,(H2,23,24,28). The summed E-state index contributed by atoms with van der Waals surface area (Å²) >= 11 is 5.54. The molecule has 1 heterocycles. The number of hydrogen-bond donors (Lipinski definition) is 2. The number of thiocarbonyl (C=S) groups is 1. The second-order valence-corrected chi connectivity index (χ2v) is 7.08. The molecule has 0 saturated heterocycles. The van der Waals surface area contributed by atoms with Crippen LogP contribution in [0.3, 0.4) is 0 Å². The Morgan fingerprint density at radius 1 is 0.929 bits per heavy atom. The summed E-state index contributed by atoms with van der Waals surface area (Å²) in [5.74, 6) is 0. The Morgan fingerprint density at radius 3 is 2.07 bits per heavy atom. The van der Waals surface area contributed by atoms with Gasteiger partial charge in [0.25, 0.3) is 5.56 Å². The highest BCUT2D eigenvalue weighted by Gasteiger charge is 2.17. The summed E-state index contributed by atoms with van der Waals surface area (Å²) in [4.78, 5) is 13.0. The first kappa shape index (κ1) is 19.9. The first-order chi connectivity index (χ1) is 13.5. The third-order valence-corrected chi connectivity index (χ3v) is 5.23. The largest absolute Gasteiger partial charge is 0.332 e. The van der Waals surface area contributed by atoms with Crippen molar-refractivity contribution < 1.29 is 0 Å². The van der Waals surface area contributed by atoms with Crippen LogP contribution < -0.4 is 16.2 Å². The van der Waals surface area contributed by atoms with E-state index in [0.29, 0.717) is 10.8 Å². The third-order valence-electron chi connectivity index (χ3n) is 5.03. The molecule has 0 aliphatic carbocycles. The Balaban J connectivity index is 1.92. The minimum Gasteiger partial charge on any atom is -0.332 e. The van der Waals surface area contributed by atoms with E-state index < -0.39 is 0 Å². The van der Waals surface area contributed by atoms with Crippen LogP contribution in [0.2, 0.25) is 0 Å². The van der Waals surface area contributed by atoms with Gasteiger partial charge in [0.15, 0.2) is 5.11 Å². The Kier molecular flexibility index (Phi) is 5.99. The molecule has 1 aromatic heterocycles. The van der Waals surface area contributed by atoms with Gasteiger partial charge in [-0.05, 0) is 55.2 Å². The minimum atomic E-state index is -0.130. The van der Waals surface area contributed by atoms with Gasteiger partial charge in [0.05, 0.1) is 11.4 Å². The van der Waals surface area contributed by atoms with Crippen LogP contribution in [-0.4, -0.2) is 14.5 Å². The maximum atomic E-state index is 13.0. The molecule has 2 aromatic carbocycles. The van der Waals surface area contributed by atoms with Gasteiger partial charge in [-0.2, -0.15) is 0 Å². The molecule has 28 heavy (non-hydrogen) atoms. The number of nitrogens with zero attached hydrogens (tertiary/aromatic N) is 2. The molecule has 0 aliphatic heterocycles. The molecule has 3 rings (SSSR count). The maximum absolute atomic E-state index is 13.0. The summed E-state index contributed by atoms with van der Waals surface area (Å²) < 4.78 is 3.47. The van der Waals surface area contributed by atoms with Crippen LogP contribution in [0.5, 0.6) is 0 Å². The van der Waals surface area contributed by atoms with E-state index in [1.807, 2.05) is 49.0 Å². The van der Waals surface area contributed by atoms with Gasteiger partial charge < -0.3 is 10.6 Å². The second kappa shape index (κ2) is 8.44. The van der Waals surface area contributed by atoms with E-state index in [4.69, 9.17) is 12.2 Å². The van der Waals surface area contributed by atoms with Crippen LogP contribution in [0.4, 0.5) is 11.4 Å². The van der Waals surface area contributed by atoms with E-state index in [9.17, 15) is 4.79 Å². The van der Waals surface area contributed by atoms with Crippen molar-refractivity contribution in [3.05, 3.63) is 75.7 Å². The fraction of sp³-hybridized carbons (Fsp3) is 0.273. The number of aryl methyl sites for hydroxylation is 2. The van der Waals surface area contributed by atoms with Crippen molar-refractivity contribution in [2.24, 2.45) is 7.05 Å². The molecule has 0 bridgehead atoms. The molecule has 0 spiro atoms. The molecular weight excluding hydrogens is 368 g/mol. The highest BCUT2D eigenvalue weighted by molar-refractivity contribution is 7.80. The van der Waals surface area contributed by atoms with Gasteiger partial charge in [-0.3, -0.25) is 9.48 Å². The Labute approximate surface area is 171 Å². The predicted octanol–water partition coefficient (Wildman–Crippen LogP) is 4.42. The van der Waals surface area contributed by atoms with E-state index >= 15 is 0 Å². The van der Waals surface area contributed by atoms with Crippen molar-refractivity contribution >= 4 is 28.7 Å². The van der Waals surface area contributed by atoms with Crippen LogP contribution in [0.15, 0.2) is 53.3 Å². The van der Waals surface area contributed by atoms with Gasteiger partial charge in [0.1, 0.15) is 5.69 Å². The highest BCUT2D eigenvalue weighted by atomic mass is 32.1. The normalized spacial score (nSPS) is 10.7. The van der Waals surface area contributed by atoms with Crippen molar-refractivity contribution in [1.82, 2.24) is 9.36 Å². The van der Waals surface area contributed by atoms with E-state index in [1.165, 1.54) is 11.1 Å². The average molecular weight is 395 g/mol. The lowest BCUT2D eigenvalue weighted by molar-refractivity contribution is 0.630. The SMILES string of the molecule is CCc1cccc(CC)c1NC(=S)Nc1c(C)n(C)n(-c2ccccc2)c1=O. The summed E-state index contributed by atoms with van der Waals surface area (Å²) in [6, 6.07) is 15.8. The number of hydrogen-bond acceptors (Lipinski definition) is 2. The zero-order chi connectivity index (χ0) is 20.3. The zero-order valence-corrected chi connectivity index (χ0v) is 17.6. The Bertz CT molecular complexity index is 1030. The first-order valence-electron chi connectivity index (χ1n) is 9.50. The van der Waals surface area contributed by atoms with Crippen molar-refractivity contribution in [2.75, 3.05) is 10.6 Å². The summed E-state index contributed by atoms with van der Waals surface area (Å²) in [5, 5.41) is 6.86. The lowest BCUT2D eigenvalue weighted by Gasteiger charge is -2.16. The van der Waals surface area contributed by atoms with E-state index in [0.717, 1.165) is 29.9 Å². The lowest BCUT2D eigenvalue weighted by Crippen LogP contribution is -2.26. The number of nitrogens with one attached hydrogen (secondary N) is 2. The lowest BCUT2D eigenvalue weighted by atomic mass is 10.0. The Morgan fingerprint density at radius 2 is 1.50 bits per heavy atom. The number of para-hydroxylation sites is 2. The smallest absolute Gasteiger partial charge is 0.295 e. The molecule has 146 valence electrons. The zero-order valence-electron chi connectivity index (χ0n) is 16.7. The van der Waals surface area contributed by atoms with Crippen molar-refractivity contribution in [3.8, 4) is 5.69 Å². The predicted molar refractivity (Wildman–Crippen MR) is 121 cm³/mol. The minimum absolute atomic E-state index is 0.130. The van der Waals surface area contributed by atoms with Gasteiger partial charge in [-0.1, -0.05) is 50.2 Å². The van der Waals surface area contributed by atoms with E-state index in [-0.39, 0.29) is 5.56 Å². The molecule has 5 nitrogen and oxygen atoms in total. The van der Waals surface area contributed by atoms with Gasteiger partial charge in [0, 0.05) is 12.7 Å². The topological polar surface area (TPSA) is 51.0 Å². The molecule has 0 unspecified atom stereocenters. The summed E-state index contributed by atoms with van der Waals surface area (Å²) in [7, 11) is 1.87. The van der Waals surface area contributed by atoms with Crippen LogP contribution in [-0.2, 0) is 19.9 Å². The molecule has 2 N–H and O–H groups in total. The van der Waals surface area contributed by atoms with Gasteiger partial charge in [-0.15, -0.1) is 0 Å². The molecule has 0 fully saturated rings. The molecule has 0 saturated carbocycles. The highest BCUT2D eigenvalue weighted by Crippen LogP contribution is 2.23. The molecule has 0 atom stereocenters. The van der Waals surface area contributed by atoms with Crippen LogP contribution >= 0.6 is 12.2 Å². The van der Waals surface area contributed by atoms with Gasteiger partial charge in [0.2, 0.25) is 0 Å². The summed E-state index contributed by atoms with van der Waals surface area (Å²) in [5.41, 5.74) is 5.42. The molecular formula is C22H26N4OS. The fourth-order valence-corrected chi connectivity index (χ4v) is 3.58. The number of rotatable bonds is 5. The van der Waals surface area contributed by atoms with Gasteiger partial charge >= 0.3 is 0 Å². The van der Waals surface area contributed by atoms with Gasteiger partial charge in [-0.25, -0.2) is 4.68 Å². The molecule has 0 amide bonds. The summed E-state index contributed by atoms with van der Waals surface area (Å²) in [6.07, 6.45) is 1.81. The van der Waals surface area contributed by atoms with Crippen molar-refractivity contribution in [1.29, 1.82) is 0 Å². The first-order valence-corrected chi connectivity index (χ1v) is 9.91. The Hall–Kier alpha value is -2.86. The number of benzene rings is 2. The molecule has 3 aromatic rings. The molecule has 6 heteroatoms. The quantitative estimate of drug-likeness (QED) is 0.629. The average Bonchev–Trinajstić information content (AvgIpc) is 2.92. The molecule has 0 aliphatic rings. The fourth-order valence-electron chi connectivity index (χ4n) is 3.37. The van der Waals surface area contributed by atoms with Crippen LogP contribution in [0.25, 0.3) is 5.69 Å². The number of aromatic nitrogens is 2. The maximum Gasteiger partial charge on any atom is 0.295 e. The van der Waals surface area contributed by atoms with Crippen molar-refractivity contribution in [2.45, 2.75) is 33.6 Å². The summed E-state index contributed by atoms with van der Waals surface area (Å²) in [6.45, 7) is 6.15.